The third-order valence-corrected chi connectivity index (χ3v) is 3.61. The van der Waals surface area contributed by atoms with Crippen molar-refractivity contribution in [3.05, 3.63) is 58.4 Å². The van der Waals surface area contributed by atoms with Gasteiger partial charge in [-0.05, 0) is 30.3 Å². The molecule has 3 nitrogen and oxygen atoms in total. The summed E-state index contributed by atoms with van der Waals surface area (Å²) < 4.78 is 19.2. The topological polar surface area (TPSA) is 52.3 Å². The molecule has 0 aliphatic heterocycles. The van der Waals surface area contributed by atoms with Crippen LogP contribution < -0.4 is 10.5 Å². The number of halogens is 2. The summed E-state index contributed by atoms with van der Waals surface area (Å²) in [5.74, 6) is -0.143. The molecule has 2 N–H and O–H groups in total. The van der Waals surface area contributed by atoms with Crippen molar-refractivity contribution in [2.45, 2.75) is 20.5 Å². The van der Waals surface area contributed by atoms with E-state index in [1.165, 1.54) is 12.1 Å². The van der Waals surface area contributed by atoms with E-state index in [2.05, 4.69) is 0 Å². The highest BCUT2D eigenvalue weighted by Crippen LogP contribution is 2.27. The average molecular weight is 322 g/mol. The first kappa shape index (κ1) is 16.3. The van der Waals surface area contributed by atoms with Crippen LogP contribution >= 0.6 is 11.6 Å². The second kappa shape index (κ2) is 6.79. The first-order valence-electron chi connectivity index (χ1n) is 6.89. The van der Waals surface area contributed by atoms with Crippen LogP contribution in [0.5, 0.6) is 5.75 Å². The Balaban J connectivity index is 2.16. The third-order valence-electron chi connectivity index (χ3n) is 3.25. The first-order valence-corrected chi connectivity index (χ1v) is 7.27. The lowest BCUT2D eigenvalue weighted by Crippen LogP contribution is -2.08. The molecule has 2 aromatic rings. The number of ether oxygens (including phenoxy) is 1. The van der Waals surface area contributed by atoms with Gasteiger partial charge in [0.15, 0.2) is 5.78 Å². The van der Waals surface area contributed by atoms with Crippen LogP contribution in [0.4, 0.5) is 10.1 Å². The first-order chi connectivity index (χ1) is 10.4. The lowest BCUT2D eigenvalue weighted by Gasteiger charge is -2.12. The van der Waals surface area contributed by atoms with Crippen molar-refractivity contribution in [1.29, 1.82) is 0 Å². The Bertz CT molecular complexity index is 681. The molecule has 0 saturated heterocycles. The molecule has 5 heteroatoms. The number of nitrogen functional groups attached to an aromatic ring is 1. The van der Waals surface area contributed by atoms with Gasteiger partial charge in [-0.1, -0.05) is 31.5 Å². The monoisotopic (exact) mass is 321 g/mol. The largest absolute Gasteiger partial charge is 0.487 e. The highest BCUT2D eigenvalue weighted by Gasteiger charge is 2.13. The van der Waals surface area contributed by atoms with Crippen LogP contribution in [0.15, 0.2) is 36.4 Å². The van der Waals surface area contributed by atoms with Gasteiger partial charge in [-0.25, -0.2) is 4.39 Å². The fraction of sp³-hybridized carbons (Fsp3) is 0.235. The molecule has 0 bridgehead atoms. The van der Waals surface area contributed by atoms with Gasteiger partial charge in [-0.2, -0.15) is 0 Å². The van der Waals surface area contributed by atoms with Gasteiger partial charge in [0.1, 0.15) is 18.2 Å². The Kier molecular flexibility index (Phi) is 5.03. The zero-order valence-electron chi connectivity index (χ0n) is 12.4. The highest BCUT2D eigenvalue weighted by molar-refractivity contribution is 6.31. The quantitative estimate of drug-likeness (QED) is 0.652. The summed E-state index contributed by atoms with van der Waals surface area (Å²) in [6, 6.07) is 9.27. The number of benzene rings is 2. The van der Waals surface area contributed by atoms with Gasteiger partial charge in [0, 0.05) is 17.0 Å². The molecule has 22 heavy (non-hydrogen) atoms. The number of carbonyl (C=O) groups is 1. The summed E-state index contributed by atoms with van der Waals surface area (Å²) in [6.45, 7) is 3.61. The van der Waals surface area contributed by atoms with Gasteiger partial charge in [-0.15, -0.1) is 0 Å². The van der Waals surface area contributed by atoms with Crippen LogP contribution in [-0.4, -0.2) is 5.78 Å². The third kappa shape index (κ3) is 3.57. The lowest BCUT2D eigenvalue weighted by molar-refractivity contribution is 0.0939. The standard InChI is InChI=1S/C17H17ClFNO2/c1-10(2)17(21)11-6-7-16(15(20)8-11)22-9-12-13(18)4-3-5-14(12)19/h3-8,10H,9,20H2,1-2H3. The van der Waals surface area contributed by atoms with Crippen molar-refractivity contribution in [2.75, 3.05) is 5.73 Å². The fourth-order valence-electron chi connectivity index (χ4n) is 1.99. The molecule has 0 saturated carbocycles. The molecular formula is C17H17ClFNO2. The summed E-state index contributed by atoms with van der Waals surface area (Å²) >= 11 is 5.94. The van der Waals surface area contributed by atoms with Gasteiger partial charge < -0.3 is 10.5 Å². The fourth-order valence-corrected chi connectivity index (χ4v) is 2.20. The molecule has 0 heterocycles. The molecule has 0 aromatic heterocycles. The summed E-state index contributed by atoms with van der Waals surface area (Å²) in [5, 5.41) is 0.296. The normalized spacial score (nSPS) is 10.8. The van der Waals surface area contributed by atoms with E-state index >= 15 is 0 Å². The molecule has 2 rings (SSSR count). The van der Waals surface area contributed by atoms with Crippen LogP contribution in [0.25, 0.3) is 0 Å². The molecule has 0 radical (unpaired) electrons. The number of rotatable bonds is 5. The number of hydrogen-bond donors (Lipinski definition) is 1. The van der Waals surface area contributed by atoms with Gasteiger partial charge in [0.25, 0.3) is 0 Å². The molecule has 2 aromatic carbocycles. The van der Waals surface area contributed by atoms with Gasteiger partial charge in [0.2, 0.25) is 0 Å². The summed E-state index contributed by atoms with van der Waals surface area (Å²) in [5.41, 5.74) is 7.03. The lowest BCUT2D eigenvalue weighted by atomic mass is 10.0. The Morgan fingerprint density at radius 2 is 2.05 bits per heavy atom. The van der Waals surface area contributed by atoms with Crippen molar-refractivity contribution in [1.82, 2.24) is 0 Å². The maximum Gasteiger partial charge on any atom is 0.165 e. The number of ketones is 1. The second-order valence-electron chi connectivity index (χ2n) is 5.26. The van der Waals surface area contributed by atoms with Crippen LogP contribution in [0, 0.1) is 11.7 Å². The Hall–Kier alpha value is -2.07. The van der Waals surface area contributed by atoms with E-state index in [4.69, 9.17) is 22.1 Å². The smallest absolute Gasteiger partial charge is 0.165 e. The minimum atomic E-state index is -0.433. The van der Waals surface area contributed by atoms with E-state index < -0.39 is 5.82 Å². The van der Waals surface area contributed by atoms with Gasteiger partial charge in [-0.3, -0.25) is 4.79 Å². The zero-order valence-corrected chi connectivity index (χ0v) is 13.2. The molecule has 0 spiro atoms. The summed E-state index contributed by atoms with van der Waals surface area (Å²) in [7, 11) is 0. The van der Waals surface area contributed by atoms with Crippen LogP contribution in [0.2, 0.25) is 5.02 Å². The number of nitrogens with two attached hydrogens (primary N) is 1. The molecule has 0 fully saturated rings. The number of Topliss-reactive ketones (excluding diaryl/α,β-unsaturated/α-hetero) is 1. The maximum absolute atomic E-state index is 13.7. The molecule has 0 aliphatic rings. The van der Waals surface area contributed by atoms with Gasteiger partial charge in [0.05, 0.1) is 10.7 Å². The minimum Gasteiger partial charge on any atom is -0.487 e. The Morgan fingerprint density at radius 3 is 2.64 bits per heavy atom. The van der Waals surface area contributed by atoms with Crippen molar-refractivity contribution < 1.29 is 13.9 Å². The van der Waals surface area contributed by atoms with Crippen LogP contribution in [-0.2, 0) is 6.61 Å². The second-order valence-corrected chi connectivity index (χ2v) is 5.67. The molecule has 0 amide bonds. The average Bonchev–Trinajstić information content (AvgIpc) is 2.47. The number of anilines is 1. The predicted octanol–water partition coefficient (Wildman–Crippen LogP) is 4.48. The minimum absolute atomic E-state index is 0.00963. The van der Waals surface area contributed by atoms with Crippen molar-refractivity contribution >= 4 is 23.1 Å². The predicted molar refractivity (Wildman–Crippen MR) is 85.8 cm³/mol. The molecular weight excluding hydrogens is 305 g/mol. The van der Waals surface area contributed by atoms with Crippen LogP contribution in [0.1, 0.15) is 29.8 Å². The van der Waals surface area contributed by atoms with E-state index in [9.17, 15) is 9.18 Å². The van der Waals surface area contributed by atoms with E-state index in [0.717, 1.165) is 0 Å². The number of hydrogen-bond acceptors (Lipinski definition) is 3. The molecule has 0 atom stereocenters. The summed E-state index contributed by atoms with van der Waals surface area (Å²) in [4.78, 5) is 11.9. The maximum atomic E-state index is 13.7. The molecule has 0 unspecified atom stereocenters. The van der Waals surface area contributed by atoms with Crippen molar-refractivity contribution in [2.24, 2.45) is 5.92 Å². The van der Waals surface area contributed by atoms with Crippen molar-refractivity contribution in [3.8, 4) is 5.75 Å². The van der Waals surface area contributed by atoms with Gasteiger partial charge >= 0.3 is 0 Å². The van der Waals surface area contributed by atoms with Crippen LogP contribution in [0.3, 0.4) is 0 Å². The Morgan fingerprint density at radius 1 is 1.32 bits per heavy atom. The molecule has 0 aliphatic carbocycles. The summed E-state index contributed by atoms with van der Waals surface area (Å²) in [6.07, 6.45) is 0. The van der Waals surface area contributed by atoms with E-state index in [1.807, 2.05) is 13.8 Å². The van der Waals surface area contributed by atoms with E-state index in [0.29, 0.717) is 22.0 Å². The SMILES string of the molecule is CC(C)C(=O)c1ccc(OCc2c(F)cccc2Cl)c(N)c1. The Labute approximate surface area is 133 Å². The number of carbonyl (C=O) groups excluding carboxylic acids is 1. The molecule has 116 valence electrons. The zero-order chi connectivity index (χ0) is 16.3. The van der Waals surface area contributed by atoms with Crippen molar-refractivity contribution in [3.63, 3.8) is 0 Å². The van der Waals surface area contributed by atoms with E-state index in [1.54, 1.807) is 24.3 Å². The van der Waals surface area contributed by atoms with E-state index in [-0.39, 0.29) is 23.9 Å². The highest BCUT2D eigenvalue weighted by atomic mass is 35.5.